The molecule has 0 amide bonds. The minimum Gasteiger partial charge on any atom is -0.393 e. The molecule has 1 atom stereocenters. The lowest BCUT2D eigenvalue weighted by Crippen LogP contribution is -2.28. The first-order valence-corrected chi connectivity index (χ1v) is 5.06. The fourth-order valence-corrected chi connectivity index (χ4v) is 1.35. The van der Waals surface area contributed by atoms with Crippen molar-refractivity contribution < 1.29 is 5.11 Å². The molecule has 1 rings (SSSR count). The smallest absolute Gasteiger partial charge is 0.108 e. The van der Waals surface area contributed by atoms with Crippen molar-refractivity contribution in [3.63, 3.8) is 0 Å². The van der Waals surface area contributed by atoms with Crippen LogP contribution in [0.4, 0.5) is 5.69 Å². The van der Waals surface area contributed by atoms with Gasteiger partial charge in [0, 0.05) is 0 Å². The number of aliphatic hydroxyl groups is 1. The van der Waals surface area contributed by atoms with E-state index in [2.05, 4.69) is 5.18 Å². The molecule has 1 N–H and O–H groups in total. The summed E-state index contributed by atoms with van der Waals surface area (Å²) in [5.74, 6) is 0. The quantitative estimate of drug-likeness (QED) is 0.771. The Kier molecular flexibility index (Phi) is 3.58. The van der Waals surface area contributed by atoms with E-state index in [1.165, 1.54) is 0 Å². The van der Waals surface area contributed by atoms with Gasteiger partial charge in [0.1, 0.15) is 5.69 Å². The largest absolute Gasteiger partial charge is 0.393 e. The van der Waals surface area contributed by atoms with Crippen molar-refractivity contribution >= 4 is 5.69 Å². The minimum atomic E-state index is -0.360. The molecule has 0 aliphatic carbocycles. The Labute approximate surface area is 90.1 Å². The summed E-state index contributed by atoms with van der Waals surface area (Å²) in [5.41, 5.74) is 1.39. The van der Waals surface area contributed by atoms with E-state index in [9.17, 15) is 10.0 Å². The summed E-state index contributed by atoms with van der Waals surface area (Å²) in [7, 11) is 0. The van der Waals surface area contributed by atoms with Gasteiger partial charge < -0.3 is 5.11 Å². The molecule has 0 saturated carbocycles. The average Bonchev–Trinajstić information content (AvgIpc) is 2.18. The molecule has 0 spiro atoms. The van der Waals surface area contributed by atoms with Crippen LogP contribution in [0.2, 0.25) is 0 Å². The summed E-state index contributed by atoms with van der Waals surface area (Å²) >= 11 is 0. The summed E-state index contributed by atoms with van der Waals surface area (Å²) in [6.45, 7) is 5.83. The summed E-state index contributed by atoms with van der Waals surface area (Å²) in [4.78, 5) is 10.2. The standard InChI is InChI=1S/C12H17NO2/c1-9(14)12(2,3)8-10-4-6-11(13-15)7-5-10/h4-7,9,14H,8H2,1-3H3. The summed E-state index contributed by atoms with van der Waals surface area (Å²) in [5, 5.41) is 12.4. The summed E-state index contributed by atoms with van der Waals surface area (Å²) in [6, 6.07) is 7.14. The van der Waals surface area contributed by atoms with E-state index >= 15 is 0 Å². The Morgan fingerprint density at radius 3 is 2.27 bits per heavy atom. The molecule has 0 fully saturated rings. The summed E-state index contributed by atoms with van der Waals surface area (Å²) < 4.78 is 0. The molecule has 82 valence electrons. The average molecular weight is 207 g/mol. The highest BCUT2D eigenvalue weighted by Gasteiger charge is 2.24. The molecule has 3 nitrogen and oxygen atoms in total. The Bertz CT molecular complexity index is 328. The maximum Gasteiger partial charge on any atom is 0.108 e. The van der Waals surface area contributed by atoms with Gasteiger partial charge in [-0.2, -0.15) is 0 Å². The van der Waals surface area contributed by atoms with Gasteiger partial charge in [0.25, 0.3) is 0 Å². The second-order valence-corrected chi connectivity index (χ2v) is 4.60. The molecule has 0 saturated heterocycles. The monoisotopic (exact) mass is 207 g/mol. The second-order valence-electron chi connectivity index (χ2n) is 4.60. The highest BCUT2D eigenvalue weighted by atomic mass is 16.3. The first kappa shape index (κ1) is 11.9. The number of nitroso groups, excluding NO2 is 1. The van der Waals surface area contributed by atoms with Crippen LogP contribution in [0.3, 0.4) is 0 Å². The Balaban J connectivity index is 2.77. The van der Waals surface area contributed by atoms with Gasteiger partial charge in [-0.05, 0) is 41.6 Å². The van der Waals surface area contributed by atoms with E-state index in [1.807, 2.05) is 26.0 Å². The molecule has 0 aromatic heterocycles. The van der Waals surface area contributed by atoms with Crippen LogP contribution in [0.25, 0.3) is 0 Å². The first-order valence-electron chi connectivity index (χ1n) is 5.06. The van der Waals surface area contributed by atoms with Crippen LogP contribution < -0.4 is 0 Å². The van der Waals surface area contributed by atoms with E-state index < -0.39 is 0 Å². The second kappa shape index (κ2) is 4.53. The molecule has 0 aliphatic rings. The third-order valence-electron chi connectivity index (χ3n) is 2.83. The van der Waals surface area contributed by atoms with Gasteiger partial charge >= 0.3 is 0 Å². The Morgan fingerprint density at radius 1 is 1.33 bits per heavy atom. The van der Waals surface area contributed by atoms with Crippen molar-refractivity contribution in [2.75, 3.05) is 0 Å². The van der Waals surface area contributed by atoms with E-state index in [0.29, 0.717) is 5.69 Å². The lowest BCUT2D eigenvalue weighted by Gasteiger charge is -2.28. The SMILES string of the molecule is CC(O)C(C)(C)Cc1ccc(N=O)cc1. The van der Waals surface area contributed by atoms with E-state index in [0.717, 1.165) is 12.0 Å². The van der Waals surface area contributed by atoms with Crippen molar-refractivity contribution in [2.45, 2.75) is 33.3 Å². The van der Waals surface area contributed by atoms with E-state index in [1.54, 1.807) is 19.1 Å². The van der Waals surface area contributed by atoms with Crippen molar-refractivity contribution in [2.24, 2.45) is 10.6 Å². The van der Waals surface area contributed by atoms with Crippen molar-refractivity contribution in [1.29, 1.82) is 0 Å². The molecule has 1 unspecified atom stereocenters. The number of aliphatic hydroxyl groups excluding tert-OH is 1. The van der Waals surface area contributed by atoms with E-state index in [4.69, 9.17) is 0 Å². The van der Waals surface area contributed by atoms with Gasteiger partial charge in [0.15, 0.2) is 0 Å². The molecule has 0 radical (unpaired) electrons. The van der Waals surface area contributed by atoms with Crippen LogP contribution in [0.15, 0.2) is 29.4 Å². The van der Waals surface area contributed by atoms with Crippen molar-refractivity contribution in [1.82, 2.24) is 0 Å². The molecule has 1 aromatic carbocycles. The number of benzene rings is 1. The number of hydrogen-bond donors (Lipinski definition) is 1. The maximum absolute atomic E-state index is 10.2. The van der Waals surface area contributed by atoms with Crippen molar-refractivity contribution in [3.8, 4) is 0 Å². The number of rotatable bonds is 4. The fourth-order valence-electron chi connectivity index (χ4n) is 1.35. The highest BCUT2D eigenvalue weighted by Crippen LogP contribution is 2.26. The first-order chi connectivity index (χ1) is 6.95. The molecular formula is C12H17NO2. The predicted octanol–water partition coefficient (Wildman–Crippen LogP) is 3.03. The normalized spacial score (nSPS) is 13.6. The summed E-state index contributed by atoms with van der Waals surface area (Å²) in [6.07, 6.45) is 0.422. The minimum absolute atomic E-state index is 0.157. The topological polar surface area (TPSA) is 49.7 Å². The van der Waals surface area contributed by atoms with Crippen molar-refractivity contribution in [3.05, 3.63) is 34.7 Å². The zero-order valence-electron chi connectivity index (χ0n) is 9.40. The van der Waals surface area contributed by atoms with Gasteiger partial charge in [-0.15, -0.1) is 4.91 Å². The van der Waals surface area contributed by atoms with Gasteiger partial charge in [-0.1, -0.05) is 26.0 Å². The molecular weight excluding hydrogens is 190 g/mol. The van der Waals surface area contributed by atoms with Gasteiger partial charge in [-0.3, -0.25) is 0 Å². The van der Waals surface area contributed by atoms with Crippen LogP contribution in [0.5, 0.6) is 0 Å². The Hall–Kier alpha value is -1.22. The molecule has 3 heteroatoms. The lowest BCUT2D eigenvalue weighted by molar-refractivity contribution is 0.0665. The number of hydrogen-bond acceptors (Lipinski definition) is 3. The van der Waals surface area contributed by atoms with Crippen LogP contribution in [-0.2, 0) is 6.42 Å². The zero-order chi connectivity index (χ0) is 11.5. The van der Waals surface area contributed by atoms with Gasteiger partial charge in [0.2, 0.25) is 0 Å². The van der Waals surface area contributed by atoms with Crippen LogP contribution >= 0.6 is 0 Å². The van der Waals surface area contributed by atoms with Gasteiger partial charge in [-0.25, -0.2) is 0 Å². The third-order valence-corrected chi connectivity index (χ3v) is 2.83. The Morgan fingerprint density at radius 2 is 1.87 bits per heavy atom. The molecule has 0 aliphatic heterocycles. The molecule has 15 heavy (non-hydrogen) atoms. The lowest BCUT2D eigenvalue weighted by atomic mass is 9.81. The maximum atomic E-state index is 10.2. The van der Waals surface area contributed by atoms with Crippen LogP contribution in [0.1, 0.15) is 26.3 Å². The van der Waals surface area contributed by atoms with E-state index in [-0.39, 0.29) is 11.5 Å². The van der Waals surface area contributed by atoms with Gasteiger partial charge in [0.05, 0.1) is 6.10 Å². The fraction of sp³-hybridized carbons (Fsp3) is 0.500. The molecule has 0 bridgehead atoms. The number of nitrogens with zero attached hydrogens (tertiary/aromatic N) is 1. The van der Waals surface area contributed by atoms with Crippen LogP contribution in [0, 0.1) is 10.3 Å². The molecule has 1 aromatic rings. The molecule has 0 heterocycles. The van der Waals surface area contributed by atoms with Crippen LogP contribution in [-0.4, -0.2) is 11.2 Å². The highest BCUT2D eigenvalue weighted by molar-refractivity contribution is 5.38. The predicted molar refractivity (Wildman–Crippen MR) is 61.1 cm³/mol. The third kappa shape index (κ3) is 3.13. The zero-order valence-corrected chi connectivity index (χ0v) is 9.40.